The predicted molar refractivity (Wildman–Crippen MR) is 118 cm³/mol. The van der Waals surface area contributed by atoms with Crippen LogP contribution < -0.4 is 4.74 Å². The average Bonchev–Trinajstić information content (AvgIpc) is 2.67. The largest absolute Gasteiger partial charge is 0.504 e. The fourth-order valence-corrected chi connectivity index (χ4v) is 6.25. The van der Waals surface area contributed by atoms with Gasteiger partial charge in [0.05, 0.1) is 13.7 Å². The van der Waals surface area contributed by atoms with Crippen LogP contribution in [0.15, 0.2) is 30.4 Å². The number of ether oxygens (including phenoxy) is 3. The maximum absolute atomic E-state index is 11.2. The first-order valence-electron chi connectivity index (χ1n) is 9.92. The van der Waals surface area contributed by atoms with Crippen LogP contribution in [0.1, 0.15) is 25.3 Å². The van der Waals surface area contributed by atoms with Gasteiger partial charge in [-0.3, -0.25) is 0 Å². The van der Waals surface area contributed by atoms with E-state index in [1.54, 1.807) is 20.1 Å². The third-order valence-electron chi connectivity index (χ3n) is 4.21. The van der Waals surface area contributed by atoms with Crippen LogP contribution in [-0.4, -0.2) is 56.1 Å². The van der Waals surface area contributed by atoms with E-state index < -0.39 is 8.32 Å². The average molecular weight is 439 g/mol. The van der Waals surface area contributed by atoms with Gasteiger partial charge in [0.2, 0.25) is 9.76 Å². The zero-order valence-electron chi connectivity index (χ0n) is 18.1. The van der Waals surface area contributed by atoms with Gasteiger partial charge in [-0.1, -0.05) is 12.6 Å². The second kappa shape index (κ2) is 13.6. The molecule has 0 bridgehead atoms. The molecule has 1 rings (SSSR count). The van der Waals surface area contributed by atoms with E-state index in [2.05, 4.69) is 19.7 Å². The van der Waals surface area contributed by atoms with Gasteiger partial charge in [0.1, 0.15) is 6.61 Å². The zero-order valence-corrected chi connectivity index (χ0v) is 20.1. The van der Waals surface area contributed by atoms with Crippen molar-refractivity contribution in [2.45, 2.75) is 51.4 Å². The van der Waals surface area contributed by atoms with Crippen molar-refractivity contribution in [1.82, 2.24) is 0 Å². The number of phenolic OH excluding ortho intramolecular Hbond substituents is 1. The Hall–Kier alpha value is -1.62. The summed E-state index contributed by atoms with van der Waals surface area (Å²) in [7, 11) is 0.387. The number of aryl methyl sites for hydroxylation is 1. The van der Waals surface area contributed by atoms with Gasteiger partial charge in [-0.25, -0.2) is 4.79 Å². The number of rotatable bonds is 15. The quantitative estimate of drug-likeness (QED) is 0.192. The molecular formula is C21H34O6Si2. The summed E-state index contributed by atoms with van der Waals surface area (Å²) < 4.78 is 21.8. The fraction of sp³-hybridized carbons (Fsp3) is 0.571. The second-order valence-corrected chi connectivity index (χ2v) is 13.1. The van der Waals surface area contributed by atoms with Crippen molar-refractivity contribution in [2.75, 3.05) is 26.9 Å². The molecule has 0 aliphatic heterocycles. The van der Waals surface area contributed by atoms with Crippen LogP contribution in [0.2, 0.25) is 25.2 Å². The smallest absolute Gasteiger partial charge is 0.333 e. The summed E-state index contributed by atoms with van der Waals surface area (Å²) in [4.78, 5) is 11.2. The summed E-state index contributed by atoms with van der Waals surface area (Å²) in [6.45, 7) is 11.0. The van der Waals surface area contributed by atoms with E-state index in [-0.39, 0.29) is 18.3 Å². The molecule has 0 saturated carbocycles. The molecule has 2 radical (unpaired) electrons. The summed E-state index contributed by atoms with van der Waals surface area (Å²) in [6.07, 6.45) is 2.94. The molecule has 6 nitrogen and oxygen atoms in total. The van der Waals surface area contributed by atoms with E-state index in [4.69, 9.17) is 18.3 Å². The Morgan fingerprint density at radius 3 is 2.66 bits per heavy atom. The highest BCUT2D eigenvalue weighted by atomic mass is 28.4. The van der Waals surface area contributed by atoms with E-state index in [0.717, 1.165) is 36.9 Å². The van der Waals surface area contributed by atoms with Crippen molar-refractivity contribution < 1.29 is 28.2 Å². The maximum atomic E-state index is 11.2. The number of carbonyl (C=O) groups excluding carboxylic acids is 1. The number of esters is 1. The van der Waals surface area contributed by atoms with Gasteiger partial charge in [-0.15, -0.1) is 0 Å². The first-order chi connectivity index (χ1) is 13.7. The van der Waals surface area contributed by atoms with Crippen molar-refractivity contribution >= 4 is 24.0 Å². The summed E-state index contributed by atoms with van der Waals surface area (Å²) in [5.74, 6) is 0.320. The second-order valence-electron chi connectivity index (χ2n) is 7.50. The van der Waals surface area contributed by atoms with Gasteiger partial charge in [0.25, 0.3) is 0 Å². The van der Waals surface area contributed by atoms with E-state index >= 15 is 0 Å². The highest BCUT2D eigenvalue weighted by molar-refractivity contribution is 6.75. The van der Waals surface area contributed by atoms with Crippen molar-refractivity contribution in [3.63, 3.8) is 0 Å². The van der Waals surface area contributed by atoms with Crippen LogP contribution in [-0.2, 0) is 24.8 Å². The Balaban J connectivity index is 2.09. The van der Waals surface area contributed by atoms with Gasteiger partial charge in [-0.05, 0) is 69.1 Å². The van der Waals surface area contributed by atoms with Crippen molar-refractivity contribution in [3.05, 3.63) is 35.9 Å². The molecule has 0 fully saturated rings. The summed E-state index contributed by atoms with van der Waals surface area (Å²) in [6, 6.07) is 7.59. The van der Waals surface area contributed by atoms with Gasteiger partial charge in [0.15, 0.2) is 19.8 Å². The van der Waals surface area contributed by atoms with Gasteiger partial charge >= 0.3 is 5.97 Å². The SMILES string of the molecule is C=C(C)C(=O)OCCOCCC[Si]O[Si](C)(C)CCCc1ccc(O)c(OC)c1. The number of benzene rings is 1. The predicted octanol–water partition coefficient (Wildman–Crippen LogP) is 4.12. The number of methoxy groups -OCH3 is 1. The third-order valence-corrected chi connectivity index (χ3v) is 9.12. The zero-order chi connectivity index (χ0) is 21.7. The van der Waals surface area contributed by atoms with Gasteiger partial charge in [0, 0.05) is 12.2 Å². The molecule has 0 aliphatic carbocycles. The topological polar surface area (TPSA) is 74.2 Å². The summed E-state index contributed by atoms with van der Waals surface area (Å²) >= 11 is 0. The van der Waals surface area contributed by atoms with Crippen LogP contribution in [0.5, 0.6) is 11.5 Å². The van der Waals surface area contributed by atoms with E-state index in [9.17, 15) is 9.90 Å². The highest BCUT2D eigenvalue weighted by Crippen LogP contribution is 2.27. The van der Waals surface area contributed by atoms with Crippen LogP contribution in [0.4, 0.5) is 0 Å². The number of hydrogen-bond donors (Lipinski definition) is 1. The van der Waals surface area contributed by atoms with Crippen molar-refractivity contribution in [3.8, 4) is 11.5 Å². The molecule has 0 amide bonds. The van der Waals surface area contributed by atoms with E-state index in [0.29, 0.717) is 34.3 Å². The summed E-state index contributed by atoms with van der Waals surface area (Å²) in [5, 5.41) is 9.66. The minimum Gasteiger partial charge on any atom is -0.504 e. The number of carbonyl (C=O) groups is 1. The molecule has 8 heteroatoms. The van der Waals surface area contributed by atoms with Crippen molar-refractivity contribution in [2.24, 2.45) is 0 Å². The minimum atomic E-state index is -1.67. The molecule has 0 aliphatic rings. The molecule has 0 saturated heterocycles. The Bertz CT molecular complexity index is 648. The summed E-state index contributed by atoms with van der Waals surface area (Å²) in [5.41, 5.74) is 1.57. The number of hydrogen-bond acceptors (Lipinski definition) is 6. The Morgan fingerprint density at radius 2 is 1.97 bits per heavy atom. The molecule has 1 aromatic rings. The molecular weight excluding hydrogens is 404 g/mol. The maximum Gasteiger partial charge on any atom is 0.333 e. The monoisotopic (exact) mass is 438 g/mol. The molecule has 0 aromatic heterocycles. The Kier molecular flexibility index (Phi) is 11.9. The van der Waals surface area contributed by atoms with Gasteiger partial charge in [-0.2, -0.15) is 0 Å². The molecule has 1 N–H and O–H groups in total. The molecule has 0 heterocycles. The molecule has 29 heavy (non-hydrogen) atoms. The van der Waals surface area contributed by atoms with Crippen LogP contribution in [0.3, 0.4) is 0 Å². The van der Waals surface area contributed by atoms with Crippen LogP contribution in [0.25, 0.3) is 0 Å². The number of aromatic hydroxyl groups is 1. The Labute approximate surface area is 178 Å². The first-order valence-corrected chi connectivity index (χ1v) is 14.2. The lowest BCUT2D eigenvalue weighted by Gasteiger charge is -2.23. The normalized spacial score (nSPS) is 11.3. The molecule has 1 aromatic carbocycles. The van der Waals surface area contributed by atoms with Crippen molar-refractivity contribution in [1.29, 1.82) is 0 Å². The number of phenols is 1. The minimum absolute atomic E-state index is 0.173. The lowest BCUT2D eigenvalue weighted by Crippen LogP contribution is -2.32. The Morgan fingerprint density at radius 1 is 1.21 bits per heavy atom. The lowest BCUT2D eigenvalue weighted by molar-refractivity contribution is -0.140. The highest BCUT2D eigenvalue weighted by Gasteiger charge is 2.21. The standard InChI is InChI=1S/C21H34O6Si2/c1-17(2)21(23)26-13-12-25-11-7-14-28-27-29(4,5)15-6-8-18-9-10-19(22)20(16-18)24-3/h9-10,16,22H,1,6-8,11-15H2,2-5H3. The molecule has 0 unspecified atom stereocenters. The fourth-order valence-electron chi connectivity index (χ4n) is 2.56. The molecule has 162 valence electrons. The van der Waals surface area contributed by atoms with Crippen LogP contribution >= 0.6 is 0 Å². The van der Waals surface area contributed by atoms with Gasteiger partial charge < -0.3 is 23.4 Å². The first kappa shape index (κ1) is 25.4. The molecule has 0 atom stereocenters. The third kappa shape index (κ3) is 11.2. The van der Waals surface area contributed by atoms with E-state index in [1.807, 2.05) is 12.1 Å². The van der Waals surface area contributed by atoms with E-state index in [1.165, 1.54) is 0 Å². The molecule has 0 spiro atoms. The van der Waals surface area contributed by atoms with Crippen LogP contribution in [0, 0.1) is 0 Å². The lowest BCUT2D eigenvalue weighted by atomic mass is 10.1.